The van der Waals surface area contributed by atoms with E-state index < -0.39 is 11.9 Å². The van der Waals surface area contributed by atoms with Gasteiger partial charge in [0, 0.05) is 11.9 Å². The molecule has 2 rings (SSSR count). The number of carbonyl (C=O) groups is 2. The van der Waals surface area contributed by atoms with Crippen LogP contribution in [0.3, 0.4) is 0 Å². The number of morpholine rings is 1. The van der Waals surface area contributed by atoms with E-state index in [4.69, 9.17) is 16.2 Å². The molecule has 1 saturated heterocycles. The van der Waals surface area contributed by atoms with Gasteiger partial charge >= 0.3 is 0 Å². The fourth-order valence-corrected chi connectivity index (χ4v) is 2.36. The van der Waals surface area contributed by atoms with Crippen molar-refractivity contribution in [1.29, 1.82) is 0 Å². The number of nitrogens with two attached hydrogens (primary N) is 2. The molecule has 1 atom stereocenters. The highest BCUT2D eigenvalue weighted by atomic mass is 32.1. The van der Waals surface area contributed by atoms with Crippen LogP contribution in [0.15, 0.2) is 5.38 Å². The van der Waals surface area contributed by atoms with Crippen LogP contribution in [0.5, 0.6) is 0 Å². The second-order valence-electron chi connectivity index (χ2n) is 3.93. The minimum Gasteiger partial charge on any atom is -0.377 e. The molecule has 0 aliphatic carbocycles. The van der Waals surface area contributed by atoms with Gasteiger partial charge in [-0.3, -0.25) is 9.59 Å². The van der Waals surface area contributed by atoms with Gasteiger partial charge < -0.3 is 21.1 Å². The van der Waals surface area contributed by atoms with E-state index in [-0.39, 0.29) is 18.9 Å². The van der Waals surface area contributed by atoms with Gasteiger partial charge in [-0.15, -0.1) is 11.3 Å². The molecular formula is C10H14N4O3S. The molecule has 0 spiro atoms. The molecule has 1 aromatic rings. The summed E-state index contributed by atoms with van der Waals surface area (Å²) in [7, 11) is 0. The first-order valence-corrected chi connectivity index (χ1v) is 6.32. The molecule has 7 nitrogen and oxygen atoms in total. The average Bonchev–Trinajstić information content (AvgIpc) is 2.74. The summed E-state index contributed by atoms with van der Waals surface area (Å²) in [4.78, 5) is 28.8. The molecular weight excluding hydrogens is 256 g/mol. The Hall–Kier alpha value is -1.67. The number of aromatic nitrogens is 1. The van der Waals surface area contributed by atoms with Gasteiger partial charge in [0.05, 0.1) is 25.3 Å². The number of nitrogens with zero attached hydrogens (tertiary/aromatic N) is 2. The predicted octanol–water partition coefficient (Wildman–Crippen LogP) is -1.02. The van der Waals surface area contributed by atoms with E-state index in [1.165, 1.54) is 16.2 Å². The van der Waals surface area contributed by atoms with Crippen LogP contribution >= 0.6 is 11.3 Å². The van der Waals surface area contributed by atoms with Crippen molar-refractivity contribution in [3.05, 3.63) is 11.1 Å². The molecule has 4 N–H and O–H groups in total. The summed E-state index contributed by atoms with van der Waals surface area (Å²) in [5, 5.41) is 2.15. The van der Waals surface area contributed by atoms with Crippen molar-refractivity contribution in [3.63, 3.8) is 0 Å². The Morgan fingerprint density at radius 2 is 2.39 bits per heavy atom. The first kappa shape index (κ1) is 12.8. The van der Waals surface area contributed by atoms with E-state index in [1.807, 2.05) is 0 Å². The van der Waals surface area contributed by atoms with Gasteiger partial charge in [-0.2, -0.15) is 0 Å². The van der Waals surface area contributed by atoms with Gasteiger partial charge in [-0.25, -0.2) is 4.98 Å². The molecule has 98 valence electrons. The van der Waals surface area contributed by atoms with Crippen LogP contribution in [0.2, 0.25) is 0 Å². The Morgan fingerprint density at radius 1 is 1.61 bits per heavy atom. The minimum absolute atomic E-state index is 0.122. The lowest BCUT2D eigenvalue weighted by molar-refractivity contribution is -0.146. The molecule has 0 aromatic carbocycles. The summed E-state index contributed by atoms with van der Waals surface area (Å²) in [5.74, 6) is -0.742. The normalized spacial score (nSPS) is 19.8. The lowest BCUT2D eigenvalue weighted by Gasteiger charge is -2.33. The fraction of sp³-hybridized carbons (Fsp3) is 0.500. The number of anilines is 1. The summed E-state index contributed by atoms with van der Waals surface area (Å²) in [6, 6.07) is -0.692. The van der Waals surface area contributed by atoms with E-state index >= 15 is 0 Å². The van der Waals surface area contributed by atoms with Gasteiger partial charge in [-0.1, -0.05) is 0 Å². The van der Waals surface area contributed by atoms with Crippen molar-refractivity contribution in [3.8, 4) is 0 Å². The Bertz CT molecular complexity index is 462. The Kier molecular flexibility index (Phi) is 3.78. The van der Waals surface area contributed by atoms with Crippen LogP contribution in [-0.2, 0) is 20.7 Å². The van der Waals surface area contributed by atoms with Crippen molar-refractivity contribution in [2.24, 2.45) is 5.73 Å². The van der Waals surface area contributed by atoms with Gasteiger partial charge in [0.25, 0.3) is 0 Å². The number of primary amides is 1. The number of amides is 2. The Morgan fingerprint density at radius 3 is 3.00 bits per heavy atom. The maximum absolute atomic E-state index is 12.1. The highest BCUT2D eigenvalue weighted by Crippen LogP contribution is 2.14. The molecule has 1 fully saturated rings. The Balaban J connectivity index is 2.04. The van der Waals surface area contributed by atoms with Crippen molar-refractivity contribution < 1.29 is 14.3 Å². The van der Waals surface area contributed by atoms with Gasteiger partial charge in [0.2, 0.25) is 11.8 Å². The highest BCUT2D eigenvalue weighted by molar-refractivity contribution is 7.13. The van der Waals surface area contributed by atoms with Crippen LogP contribution in [-0.4, -0.2) is 47.5 Å². The SMILES string of the molecule is NC(=O)C1COCCN1C(=O)Cc1csc(N)n1. The molecule has 1 aliphatic heterocycles. The first-order valence-electron chi connectivity index (χ1n) is 5.44. The van der Waals surface area contributed by atoms with Gasteiger partial charge in [0.15, 0.2) is 5.13 Å². The average molecular weight is 270 g/mol. The number of hydrogen-bond donors (Lipinski definition) is 2. The highest BCUT2D eigenvalue weighted by Gasteiger charge is 2.31. The third-order valence-electron chi connectivity index (χ3n) is 2.68. The topological polar surface area (TPSA) is 112 Å². The smallest absolute Gasteiger partial charge is 0.242 e. The van der Waals surface area contributed by atoms with E-state index in [9.17, 15) is 9.59 Å². The van der Waals surface area contributed by atoms with E-state index in [0.717, 1.165) is 0 Å². The zero-order valence-corrected chi connectivity index (χ0v) is 10.5. The van der Waals surface area contributed by atoms with Crippen molar-refractivity contribution in [2.75, 3.05) is 25.5 Å². The molecule has 2 heterocycles. The zero-order chi connectivity index (χ0) is 13.1. The van der Waals surface area contributed by atoms with E-state index in [1.54, 1.807) is 5.38 Å². The van der Waals surface area contributed by atoms with Crippen molar-refractivity contribution >= 4 is 28.3 Å². The van der Waals surface area contributed by atoms with Crippen molar-refractivity contribution in [2.45, 2.75) is 12.5 Å². The second kappa shape index (κ2) is 5.32. The molecule has 1 aromatic heterocycles. The monoisotopic (exact) mass is 270 g/mol. The molecule has 0 bridgehead atoms. The summed E-state index contributed by atoms with van der Waals surface area (Å²) < 4.78 is 5.15. The molecule has 2 amide bonds. The van der Waals surface area contributed by atoms with Crippen LogP contribution in [0.1, 0.15) is 5.69 Å². The van der Waals surface area contributed by atoms with E-state index in [2.05, 4.69) is 4.98 Å². The van der Waals surface area contributed by atoms with Crippen LogP contribution in [0, 0.1) is 0 Å². The van der Waals surface area contributed by atoms with Crippen LogP contribution < -0.4 is 11.5 Å². The number of thiazole rings is 1. The van der Waals surface area contributed by atoms with Crippen molar-refractivity contribution in [1.82, 2.24) is 9.88 Å². The number of hydrogen-bond acceptors (Lipinski definition) is 6. The third kappa shape index (κ3) is 2.77. The van der Waals surface area contributed by atoms with Gasteiger partial charge in [-0.05, 0) is 0 Å². The minimum atomic E-state index is -0.692. The number of ether oxygens (including phenoxy) is 1. The lowest BCUT2D eigenvalue weighted by Crippen LogP contribution is -2.55. The molecule has 1 unspecified atom stereocenters. The summed E-state index contributed by atoms with van der Waals surface area (Å²) in [5.41, 5.74) is 11.4. The van der Waals surface area contributed by atoms with Gasteiger partial charge in [0.1, 0.15) is 6.04 Å². The number of carbonyl (C=O) groups excluding carboxylic acids is 2. The summed E-state index contributed by atoms with van der Waals surface area (Å²) in [6.45, 7) is 0.932. The maximum atomic E-state index is 12.1. The molecule has 1 aliphatic rings. The molecule has 0 radical (unpaired) electrons. The summed E-state index contributed by atoms with van der Waals surface area (Å²) in [6.07, 6.45) is 0.122. The molecule has 8 heteroatoms. The lowest BCUT2D eigenvalue weighted by atomic mass is 10.2. The molecule has 18 heavy (non-hydrogen) atoms. The van der Waals surface area contributed by atoms with Crippen LogP contribution in [0.4, 0.5) is 5.13 Å². The number of nitrogen functional groups attached to an aromatic ring is 1. The fourth-order valence-electron chi connectivity index (χ4n) is 1.80. The predicted molar refractivity (Wildman–Crippen MR) is 65.7 cm³/mol. The van der Waals surface area contributed by atoms with Crippen LogP contribution in [0.25, 0.3) is 0 Å². The zero-order valence-electron chi connectivity index (χ0n) is 9.67. The Labute approximate surface area is 108 Å². The summed E-state index contributed by atoms with van der Waals surface area (Å²) >= 11 is 1.28. The third-order valence-corrected chi connectivity index (χ3v) is 3.40. The van der Waals surface area contributed by atoms with E-state index in [0.29, 0.717) is 24.0 Å². The second-order valence-corrected chi connectivity index (χ2v) is 4.82. The maximum Gasteiger partial charge on any atom is 0.242 e. The number of rotatable bonds is 3. The standard InChI is InChI=1S/C10H14N4O3S/c11-9(16)7-4-17-2-1-14(7)8(15)3-6-5-18-10(12)13-6/h5,7H,1-4H2,(H2,11,16)(H2,12,13). The quantitative estimate of drug-likeness (QED) is 0.730. The largest absolute Gasteiger partial charge is 0.377 e. The first-order chi connectivity index (χ1) is 8.58. The molecule has 0 saturated carbocycles.